The summed E-state index contributed by atoms with van der Waals surface area (Å²) < 4.78 is 3.21. The Morgan fingerprint density at radius 3 is 2.54 bits per heavy atom. The van der Waals surface area contributed by atoms with E-state index in [4.69, 9.17) is 0 Å². The topological polar surface area (TPSA) is 59.2 Å². The van der Waals surface area contributed by atoms with Gasteiger partial charge in [0.15, 0.2) is 0 Å². The molecule has 5 heteroatoms. The average Bonchev–Trinajstić information content (AvgIpc) is 2.91. The number of hydrogen-bond acceptors (Lipinski definition) is 3. The van der Waals surface area contributed by atoms with Crippen molar-refractivity contribution in [2.45, 2.75) is 32.5 Å². The second-order valence-electron chi connectivity index (χ2n) is 6.75. The number of aromatic hydroxyl groups is 1. The van der Waals surface area contributed by atoms with Crippen LogP contribution in [0.1, 0.15) is 28.8 Å². The molecule has 2 N–H and O–H groups in total. The maximum atomic E-state index is 12.7. The molecule has 0 amide bonds. The van der Waals surface area contributed by atoms with Gasteiger partial charge in [0.25, 0.3) is 0 Å². The van der Waals surface area contributed by atoms with Gasteiger partial charge in [0.1, 0.15) is 0 Å². The van der Waals surface area contributed by atoms with E-state index in [1.165, 1.54) is 15.7 Å². The van der Waals surface area contributed by atoms with E-state index >= 15 is 0 Å². The van der Waals surface area contributed by atoms with Gasteiger partial charge < -0.3 is 10.4 Å². The summed E-state index contributed by atoms with van der Waals surface area (Å²) in [6.07, 6.45) is 1.40. The first-order valence-electron chi connectivity index (χ1n) is 9.06. The summed E-state index contributed by atoms with van der Waals surface area (Å²) in [7, 11) is 0. The fourth-order valence-corrected chi connectivity index (χ4v) is 3.59. The van der Waals surface area contributed by atoms with Crippen LogP contribution in [0.15, 0.2) is 59.4 Å². The second kappa shape index (κ2) is 7.22. The van der Waals surface area contributed by atoms with E-state index in [1.54, 1.807) is 4.57 Å². The standard InChI is InChI=1S/C21H23N3O2/c25-20-19-13-17-9-4-5-10-18(17)15-24(19)21(26)23(20)12-6-11-22-14-16-7-2-1-3-8-16/h1-5,7-10,22,25H,6,11-15H2. The van der Waals surface area contributed by atoms with Crippen LogP contribution < -0.4 is 11.0 Å². The van der Waals surface area contributed by atoms with E-state index in [2.05, 4.69) is 23.5 Å². The fraction of sp³-hybridized carbons (Fsp3) is 0.286. The Labute approximate surface area is 152 Å². The number of hydrogen-bond donors (Lipinski definition) is 2. The Morgan fingerprint density at radius 1 is 1.00 bits per heavy atom. The Morgan fingerprint density at radius 2 is 1.73 bits per heavy atom. The first kappa shape index (κ1) is 16.7. The van der Waals surface area contributed by atoms with Crippen LogP contribution in [0.2, 0.25) is 0 Å². The number of benzene rings is 2. The molecular formula is C21H23N3O2. The number of fused-ring (bicyclic) bond motifs is 2. The summed E-state index contributed by atoms with van der Waals surface area (Å²) >= 11 is 0. The molecule has 0 spiro atoms. The normalized spacial score (nSPS) is 12.6. The number of aromatic nitrogens is 2. The van der Waals surface area contributed by atoms with Crippen LogP contribution in [0.4, 0.5) is 0 Å². The molecule has 4 rings (SSSR count). The molecule has 0 fully saturated rings. The number of nitrogens with zero attached hydrogens (tertiary/aromatic N) is 2. The van der Waals surface area contributed by atoms with Crippen LogP contribution in [0.3, 0.4) is 0 Å². The molecule has 0 atom stereocenters. The summed E-state index contributed by atoms with van der Waals surface area (Å²) in [4.78, 5) is 12.7. The molecular weight excluding hydrogens is 326 g/mol. The highest BCUT2D eigenvalue weighted by Gasteiger charge is 2.24. The minimum Gasteiger partial charge on any atom is -0.493 e. The predicted molar refractivity (Wildman–Crippen MR) is 101 cm³/mol. The zero-order chi connectivity index (χ0) is 17.9. The second-order valence-corrected chi connectivity index (χ2v) is 6.75. The highest BCUT2D eigenvalue weighted by Crippen LogP contribution is 2.27. The molecule has 5 nitrogen and oxygen atoms in total. The summed E-state index contributed by atoms with van der Waals surface area (Å²) in [5, 5.41) is 13.9. The van der Waals surface area contributed by atoms with Crippen molar-refractivity contribution in [3.63, 3.8) is 0 Å². The fourth-order valence-electron chi connectivity index (χ4n) is 3.59. The van der Waals surface area contributed by atoms with Gasteiger partial charge in [-0.1, -0.05) is 54.6 Å². The van der Waals surface area contributed by atoms with E-state index in [0.717, 1.165) is 30.8 Å². The Kier molecular flexibility index (Phi) is 4.63. The summed E-state index contributed by atoms with van der Waals surface area (Å²) in [5.41, 5.74) is 4.19. The Bertz CT molecular complexity index is 957. The van der Waals surface area contributed by atoms with Gasteiger partial charge in [-0.2, -0.15) is 0 Å². The van der Waals surface area contributed by atoms with Gasteiger partial charge in [-0.25, -0.2) is 4.79 Å². The van der Waals surface area contributed by atoms with Gasteiger partial charge in [-0.15, -0.1) is 0 Å². The highest BCUT2D eigenvalue weighted by atomic mass is 16.3. The van der Waals surface area contributed by atoms with Crippen LogP contribution in [0.25, 0.3) is 0 Å². The maximum Gasteiger partial charge on any atom is 0.331 e. The highest BCUT2D eigenvalue weighted by molar-refractivity contribution is 5.38. The van der Waals surface area contributed by atoms with Gasteiger partial charge in [0.2, 0.25) is 5.88 Å². The van der Waals surface area contributed by atoms with Crippen LogP contribution in [-0.2, 0) is 26.1 Å². The van der Waals surface area contributed by atoms with E-state index in [1.807, 2.05) is 36.4 Å². The van der Waals surface area contributed by atoms with E-state index in [-0.39, 0.29) is 11.6 Å². The van der Waals surface area contributed by atoms with Gasteiger partial charge in [-0.05, 0) is 29.7 Å². The van der Waals surface area contributed by atoms with Crippen molar-refractivity contribution in [1.82, 2.24) is 14.5 Å². The smallest absolute Gasteiger partial charge is 0.331 e. The molecule has 134 valence electrons. The van der Waals surface area contributed by atoms with Crippen LogP contribution >= 0.6 is 0 Å². The summed E-state index contributed by atoms with van der Waals surface area (Å²) in [5.74, 6) is 0.118. The maximum absolute atomic E-state index is 12.7. The lowest BCUT2D eigenvalue weighted by molar-refractivity contribution is 0.403. The van der Waals surface area contributed by atoms with Gasteiger partial charge in [0.05, 0.1) is 12.2 Å². The van der Waals surface area contributed by atoms with Crippen molar-refractivity contribution in [3.05, 3.63) is 87.5 Å². The van der Waals surface area contributed by atoms with Crippen LogP contribution in [0.5, 0.6) is 5.88 Å². The molecule has 1 aromatic heterocycles. The van der Waals surface area contributed by atoms with Crippen molar-refractivity contribution < 1.29 is 5.11 Å². The quantitative estimate of drug-likeness (QED) is 0.526. The number of imidazole rings is 1. The van der Waals surface area contributed by atoms with E-state index in [0.29, 0.717) is 19.5 Å². The zero-order valence-electron chi connectivity index (χ0n) is 14.7. The van der Waals surface area contributed by atoms with Crippen molar-refractivity contribution in [1.29, 1.82) is 0 Å². The van der Waals surface area contributed by atoms with Crippen molar-refractivity contribution in [2.24, 2.45) is 0 Å². The minimum absolute atomic E-state index is 0.116. The average molecular weight is 349 g/mol. The van der Waals surface area contributed by atoms with Crippen molar-refractivity contribution in [3.8, 4) is 5.88 Å². The lowest BCUT2D eigenvalue weighted by Gasteiger charge is -2.17. The molecule has 26 heavy (non-hydrogen) atoms. The van der Waals surface area contributed by atoms with Gasteiger partial charge >= 0.3 is 5.69 Å². The van der Waals surface area contributed by atoms with Crippen LogP contribution in [-0.4, -0.2) is 20.8 Å². The molecule has 1 aliphatic rings. The van der Waals surface area contributed by atoms with Gasteiger partial charge in [-0.3, -0.25) is 9.13 Å². The third kappa shape index (κ3) is 3.18. The molecule has 0 bridgehead atoms. The molecule has 0 saturated heterocycles. The number of nitrogens with one attached hydrogen (secondary N) is 1. The molecule has 2 heterocycles. The summed E-state index contributed by atoms with van der Waals surface area (Å²) in [6.45, 7) is 2.66. The largest absolute Gasteiger partial charge is 0.493 e. The van der Waals surface area contributed by atoms with E-state index < -0.39 is 0 Å². The van der Waals surface area contributed by atoms with Crippen molar-refractivity contribution >= 4 is 0 Å². The SMILES string of the molecule is O=c1n(CCCNCc2ccccc2)c(O)c2n1Cc1ccccc1C2. The third-order valence-electron chi connectivity index (χ3n) is 5.01. The lowest BCUT2D eigenvalue weighted by Crippen LogP contribution is -2.28. The first-order valence-corrected chi connectivity index (χ1v) is 9.06. The zero-order valence-corrected chi connectivity index (χ0v) is 14.7. The first-order chi connectivity index (χ1) is 12.7. The minimum atomic E-state index is -0.116. The number of rotatable bonds is 6. The molecule has 0 radical (unpaired) electrons. The molecule has 0 unspecified atom stereocenters. The lowest BCUT2D eigenvalue weighted by atomic mass is 9.99. The summed E-state index contributed by atoms with van der Waals surface area (Å²) in [6, 6.07) is 18.3. The Hall–Kier alpha value is -2.79. The molecule has 3 aromatic rings. The monoisotopic (exact) mass is 349 g/mol. The van der Waals surface area contributed by atoms with Crippen LogP contribution in [0, 0.1) is 0 Å². The molecule has 0 saturated carbocycles. The predicted octanol–water partition coefficient (Wildman–Crippen LogP) is 2.49. The molecule has 1 aliphatic heterocycles. The third-order valence-corrected chi connectivity index (χ3v) is 5.01. The molecule has 2 aromatic carbocycles. The molecule has 0 aliphatic carbocycles. The van der Waals surface area contributed by atoms with Gasteiger partial charge in [0, 0.05) is 19.5 Å². The van der Waals surface area contributed by atoms with E-state index in [9.17, 15) is 9.90 Å². The van der Waals surface area contributed by atoms with Crippen molar-refractivity contribution in [2.75, 3.05) is 6.54 Å². The Balaban J connectivity index is 1.39.